The summed E-state index contributed by atoms with van der Waals surface area (Å²) in [5.41, 5.74) is 7.97. The fraction of sp³-hybridized carbons (Fsp3) is 0.242. The van der Waals surface area contributed by atoms with Crippen LogP contribution in [0.4, 0.5) is 0 Å². The molecule has 10 nitrogen and oxygen atoms in total. The number of carbonyl (C=O) groups is 4. The average molecular weight is 583 g/mol. The molecular weight excluding hydrogens is 548 g/mol. The van der Waals surface area contributed by atoms with Gasteiger partial charge >= 0.3 is 11.9 Å². The van der Waals surface area contributed by atoms with E-state index in [2.05, 4.69) is 33.4 Å². The summed E-state index contributed by atoms with van der Waals surface area (Å²) in [6.45, 7) is 14.8. The van der Waals surface area contributed by atoms with Crippen LogP contribution in [0.2, 0.25) is 0 Å². The lowest BCUT2D eigenvalue weighted by Gasteiger charge is -2.02. The van der Waals surface area contributed by atoms with E-state index in [9.17, 15) is 29.4 Å². The smallest absolute Gasteiger partial charge is 0.303 e. The predicted molar refractivity (Wildman–Crippen MR) is 165 cm³/mol. The largest absolute Gasteiger partial charge is 0.481 e. The molecule has 0 bridgehead atoms. The number of H-pyrrole nitrogens is 2. The molecule has 2 amide bonds. The summed E-state index contributed by atoms with van der Waals surface area (Å²) in [7, 11) is 0. The van der Waals surface area contributed by atoms with Crippen LogP contribution in [0, 0.1) is 13.8 Å². The summed E-state index contributed by atoms with van der Waals surface area (Å²) in [4.78, 5) is 58.4. The summed E-state index contributed by atoms with van der Waals surface area (Å²) in [6.07, 6.45) is 8.80. The molecule has 2 aromatic rings. The minimum absolute atomic E-state index is 0.0943. The topological polar surface area (TPSA) is 165 Å². The van der Waals surface area contributed by atoms with Crippen molar-refractivity contribution in [1.29, 1.82) is 0 Å². The van der Waals surface area contributed by atoms with Crippen molar-refractivity contribution in [2.75, 3.05) is 0 Å². The Hall–Kier alpha value is -5.25. The van der Waals surface area contributed by atoms with Gasteiger partial charge in [-0.25, -0.2) is 4.99 Å². The number of aliphatic imine (C=N–C) groups is 1. The highest BCUT2D eigenvalue weighted by Gasteiger charge is 2.23. The van der Waals surface area contributed by atoms with Crippen molar-refractivity contribution in [1.82, 2.24) is 15.3 Å². The highest BCUT2D eigenvalue weighted by molar-refractivity contribution is 6.31. The van der Waals surface area contributed by atoms with Gasteiger partial charge in [0, 0.05) is 51.6 Å². The average Bonchev–Trinajstić information content (AvgIpc) is 3.59. The van der Waals surface area contributed by atoms with Crippen LogP contribution in [-0.2, 0) is 32.0 Å². The number of hydrogen-bond donors (Lipinski definition) is 5. The Kier molecular flexibility index (Phi) is 8.80. The van der Waals surface area contributed by atoms with Crippen molar-refractivity contribution >= 4 is 47.7 Å². The number of rotatable bonds is 11. The maximum atomic E-state index is 12.3. The second-order valence-electron chi connectivity index (χ2n) is 10.5. The normalized spacial score (nSPS) is 16.9. The van der Waals surface area contributed by atoms with Gasteiger partial charge in [-0.15, -0.1) is 0 Å². The highest BCUT2D eigenvalue weighted by atomic mass is 16.4. The molecule has 0 saturated heterocycles. The lowest BCUT2D eigenvalue weighted by atomic mass is 10.0. The molecule has 0 spiro atoms. The third kappa shape index (κ3) is 6.18. The van der Waals surface area contributed by atoms with Crippen LogP contribution in [0.15, 0.2) is 58.3 Å². The van der Waals surface area contributed by atoms with E-state index in [0.29, 0.717) is 55.8 Å². The van der Waals surface area contributed by atoms with E-state index in [4.69, 9.17) is 0 Å². The number of aromatic amines is 2. The van der Waals surface area contributed by atoms with Crippen molar-refractivity contribution in [3.05, 3.63) is 97.6 Å². The van der Waals surface area contributed by atoms with E-state index in [0.717, 1.165) is 22.3 Å². The Morgan fingerprint density at radius 2 is 1.40 bits per heavy atom. The Morgan fingerprint density at radius 3 is 1.98 bits per heavy atom. The fourth-order valence-corrected chi connectivity index (χ4v) is 5.34. The number of carboxylic acid groups (broad SMARTS) is 2. The number of aromatic nitrogens is 2. The first-order valence-corrected chi connectivity index (χ1v) is 13.8. The predicted octanol–water partition coefficient (Wildman–Crippen LogP) is 3.06. The van der Waals surface area contributed by atoms with Crippen molar-refractivity contribution < 1.29 is 29.4 Å². The molecule has 10 heteroatoms. The third-order valence-electron chi connectivity index (χ3n) is 7.87. The third-order valence-corrected chi connectivity index (χ3v) is 7.87. The number of nitrogens with zero attached hydrogens (tertiary/aromatic N) is 1. The molecule has 0 aliphatic carbocycles. The van der Waals surface area contributed by atoms with Gasteiger partial charge in [0.25, 0.3) is 11.8 Å². The van der Waals surface area contributed by atoms with Gasteiger partial charge in [-0.3, -0.25) is 19.2 Å². The monoisotopic (exact) mass is 582 g/mol. The molecule has 2 aliphatic heterocycles. The standard InChI is InChI=1S/C33H34N4O6/c1-7-20-19(6)32(42)37-27(20)14-25-18(5)23(10-12-31(40)41)29(35-25)15-28-22(9-11-30(38)39)17(4)24(34-28)13-26-16(3)21(8-2)33(43)36-26/h7-8,13-15,34-35H,1-2,9-12H2,3-6H3,(H,37,42)(H,38,39)(H,40,41)/b24-13?,27-14+,28-15?. The minimum atomic E-state index is -0.941. The van der Waals surface area contributed by atoms with Crippen LogP contribution in [-0.4, -0.2) is 49.6 Å². The van der Waals surface area contributed by atoms with Crippen LogP contribution in [0.25, 0.3) is 18.2 Å². The zero-order valence-corrected chi connectivity index (χ0v) is 24.6. The van der Waals surface area contributed by atoms with E-state index < -0.39 is 11.9 Å². The first kappa shape index (κ1) is 30.7. The van der Waals surface area contributed by atoms with Gasteiger partial charge in [-0.05, 0) is 86.6 Å². The van der Waals surface area contributed by atoms with Crippen molar-refractivity contribution in [2.24, 2.45) is 4.99 Å². The number of carboxylic acids is 2. The van der Waals surface area contributed by atoms with E-state index in [1.165, 1.54) is 6.08 Å². The van der Waals surface area contributed by atoms with Gasteiger partial charge in [-0.2, -0.15) is 0 Å². The summed E-state index contributed by atoms with van der Waals surface area (Å²) >= 11 is 0. The maximum Gasteiger partial charge on any atom is 0.303 e. The van der Waals surface area contributed by atoms with Gasteiger partial charge < -0.3 is 25.5 Å². The Labute approximate surface area is 248 Å². The molecule has 2 aromatic heterocycles. The molecule has 0 aromatic carbocycles. The molecule has 0 fully saturated rings. The van der Waals surface area contributed by atoms with Crippen LogP contribution in [0.5, 0.6) is 0 Å². The molecule has 5 N–H and O–H groups in total. The van der Waals surface area contributed by atoms with Crippen molar-refractivity contribution in [3.63, 3.8) is 0 Å². The number of aliphatic carboxylic acids is 2. The van der Waals surface area contributed by atoms with Crippen LogP contribution in [0.1, 0.15) is 60.3 Å². The lowest BCUT2D eigenvalue weighted by Crippen LogP contribution is -2.15. The number of allylic oxidation sites excluding steroid dienone is 2. The second-order valence-corrected chi connectivity index (χ2v) is 10.5. The van der Waals surface area contributed by atoms with Crippen LogP contribution < -0.4 is 16.0 Å². The molecular formula is C33H34N4O6. The number of hydrogen-bond acceptors (Lipinski definition) is 4. The molecule has 222 valence electrons. The second kappa shape index (κ2) is 12.3. The Balaban J connectivity index is 1.92. The molecule has 43 heavy (non-hydrogen) atoms. The van der Waals surface area contributed by atoms with Gasteiger partial charge in [0.2, 0.25) is 0 Å². The minimum Gasteiger partial charge on any atom is -0.481 e. The maximum absolute atomic E-state index is 12.3. The molecule has 0 radical (unpaired) electrons. The van der Waals surface area contributed by atoms with Gasteiger partial charge in [0.1, 0.15) is 0 Å². The molecule has 4 heterocycles. The SMILES string of the molecule is C=CC1=C(C)C(C=c2[nH]c(=Cc3[nH]c(/C=C4/NC(=O)C(C)=C4C=C)c(C)c3CCC(=O)O)c(CCC(=O)O)c2C)=NC1=O. The highest BCUT2D eigenvalue weighted by Crippen LogP contribution is 2.27. The van der Waals surface area contributed by atoms with E-state index in [1.807, 2.05) is 19.9 Å². The van der Waals surface area contributed by atoms with Gasteiger partial charge in [0.15, 0.2) is 0 Å². The number of carbonyl (C=O) groups excluding carboxylic acids is 2. The van der Waals surface area contributed by atoms with E-state index >= 15 is 0 Å². The summed E-state index contributed by atoms with van der Waals surface area (Å²) in [5, 5.41) is 23.0. The quantitative estimate of drug-likeness (QED) is 0.273. The molecule has 0 atom stereocenters. The lowest BCUT2D eigenvalue weighted by molar-refractivity contribution is -0.138. The van der Waals surface area contributed by atoms with Crippen LogP contribution >= 0.6 is 0 Å². The fourth-order valence-electron chi connectivity index (χ4n) is 5.34. The molecule has 0 saturated carbocycles. The van der Waals surface area contributed by atoms with Gasteiger partial charge in [0.05, 0.1) is 11.4 Å². The number of amides is 2. The van der Waals surface area contributed by atoms with E-state index in [1.54, 1.807) is 32.1 Å². The summed E-state index contributed by atoms with van der Waals surface area (Å²) < 4.78 is 0. The number of nitrogens with one attached hydrogen (secondary N) is 3. The Morgan fingerprint density at radius 1 is 0.767 bits per heavy atom. The summed E-state index contributed by atoms with van der Waals surface area (Å²) in [5.74, 6) is -2.46. The summed E-state index contributed by atoms with van der Waals surface area (Å²) in [6, 6.07) is 0. The zero-order chi connectivity index (χ0) is 31.6. The first-order chi connectivity index (χ1) is 20.4. The molecule has 4 rings (SSSR count). The zero-order valence-electron chi connectivity index (χ0n) is 24.6. The van der Waals surface area contributed by atoms with Crippen molar-refractivity contribution in [2.45, 2.75) is 53.4 Å². The first-order valence-electron chi connectivity index (χ1n) is 13.8. The molecule has 2 aliphatic rings. The van der Waals surface area contributed by atoms with Crippen LogP contribution in [0.3, 0.4) is 0 Å². The van der Waals surface area contributed by atoms with E-state index in [-0.39, 0.29) is 37.5 Å². The van der Waals surface area contributed by atoms with Gasteiger partial charge in [-0.1, -0.05) is 25.3 Å². The molecule has 0 unspecified atom stereocenters. The van der Waals surface area contributed by atoms with Crippen molar-refractivity contribution in [3.8, 4) is 0 Å². The Bertz CT molecular complexity index is 1860.